The number of aromatic nitrogens is 1. The Morgan fingerprint density at radius 2 is 1.74 bits per heavy atom. The van der Waals surface area contributed by atoms with Crippen molar-refractivity contribution in [3.8, 4) is 5.75 Å². The summed E-state index contributed by atoms with van der Waals surface area (Å²) in [5, 5.41) is 1.49. The molecule has 0 spiro atoms. The van der Waals surface area contributed by atoms with Gasteiger partial charge in [0.05, 0.1) is 11.1 Å². The fourth-order valence-electron chi connectivity index (χ4n) is 2.13. The highest BCUT2D eigenvalue weighted by Gasteiger charge is 2.30. The highest BCUT2D eigenvalue weighted by atomic mass is 19.4. The molecular formula is C17H10F3NO2. The van der Waals surface area contributed by atoms with Gasteiger partial charge in [-0.05, 0) is 41.8 Å². The molecule has 23 heavy (non-hydrogen) atoms. The van der Waals surface area contributed by atoms with Gasteiger partial charge in [0.15, 0.2) is 0 Å². The number of rotatable bonds is 2. The van der Waals surface area contributed by atoms with Gasteiger partial charge in [0.25, 0.3) is 0 Å². The van der Waals surface area contributed by atoms with Crippen molar-refractivity contribution in [2.75, 3.05) is 0 Å². The number of fused-ring (bicyclic) bond motifs is 1. The van der Waals surface area contributed by atoms with Crippen LogP contribution in [0.25, 0.3) is 10.8 Å². The minimum atomic E-state index is -4.44. The van der Waals surface area contributed by atoms with Crippen molar-refractivity contribution in [2.24, 2.45) is 0 Å². The van der Waals surface area contributed by atoms with Crippen molar-refractivity contribution in [3.05, 3.63) is 72.1 Å². The van der Waals surface area contributed by atoms with Crippen LogP contribution in [0.15, 0.2) is 60.9 Å². The van der Waals surface area contributed by atoms with Crippen LogP contribution in [-0.2, 0) is 6.18 Å². The van der Waals surface area contributed by atoms with Crippen LogP contribution in [0.2, 0.25) is 0 Å². The SMILES string of the molecule is O=C(Oc1cccc2ccncc12)c1ccc(C(F)(F)F)cc1. The van der Waals surface area contributed by atoms with E-state index in [0.717, 1.165) is 29.7 Å². The summed E-state index contributed by atoms with van der Waals surface area (Å²) in [6, 6.07) is 10.8. The maximum absolute atomic E-state index is 12.5. The molecule has 6 heteroatoms. The summed E-state index contributed by atoms with van der Waals surface area (Å²) in [4.78, 5) is 16.1. The normalized spacial score (nSPS) is 11.4. The molecule has 0 unspecified atom stereocenters. The Hall–Kier alpha value is -2.89. The zero-order chi connectivity index (χ0) is 16.4. The molecule has 0 atom stereocenters. The molecule has 3 rings (SSSR count). The maximum atomic E-state index is 12.5. The van der Waals surface area contributed by atoms with E-state index in [0.29, 0.717) is 11.1 Å². The fourth-order valence-corrected chi connectivity index (χ4v) is 2.13. The third kappa shape index (κ3) is 3.15. The number of nitrogens with zero attached hydrogens (tertiary/aromatic N) is 1. The predicted molar refractivity (Wildman–Crippen MR) is 78.1 cm³/mol. The largest absolute Gasteiger partial charge is 0.422 e. The summed E-state index contributed by atoms with van der Waals surface area (Å²) in [5.41, 5.74) is -0.776. The first-order valence-corrected chi connectivity index (χ1v) is 6.67. The number of carbonyl (C=O) groups is 1. The third-order valence-electron chi connectivity index (χ3n) is 3.29. The molecule has 1 heterocycles. The van der Waals surface area contributed by atoms with Gasteiger partial charge < -0.3 is 4.74 Å². The summed E-state index contributed by atoms with van der Waals surface area (Å²) in [6.45, 7) is 0. The molecule has 2 aromatic carbocycles. The summed E-state index contributed by atoms with van der Waals surface area (Å²) in [5.74, 6) is -0.421. The molecule has 0 bridgehead atoms. The van der Waals surface area contributed by atoms with Crippen LogP contribution in [0, 0.1) is 0 Å². The summed E-state index contributed by atoms with van der Waals surface area (Å²) < 4.78 is 42.8. The number of esters is 1. The summed E-state index contributed by atoms with van der Waals surface area (Å²) >= 11 is 0. The predicted octanol–water partition coefficient (Wildman–Crippen LogP) is 4.47. The Balaban J connectivity index is 1.86. The minimum absolute atomic E-state index is 0.0406. The number of hydrogen-bond acceptors (Lipinski definition) is 3. The van der Waals surface area contributed by atoms with Crippen LogP contribution in [0.1, 0.15) is 15.9 Å². The standard InChI is InChI=1S/C17H10F3NO2/c18-17(19,20)13-6-4-12(5-7-13)16(22)23-15-3-1-2-11-8-9-21-10-14(11)15/h1-10H. The third-order valence-corrected chi connectivity index (χ3v) is 3.29. The zero-order valence-electron chi connectivity index (χ0n) is 11.7. The van der Waals surface area contributed by atoms with Crippen LogP contribution < -0.4 is 4.74 Å². The fraction of sp³-hybridized carbons (Fsp3) is 0.0588. The lowest BCUT2D eigenvalue weighted by Crippen LogP contribution is -2.10. The van der Waals surface area contributed by atoms with Crippen molar-refractivity contribution in [3.63, 3.8) is 0 Å². The average molecular weight is 317 g/mol. The Kier molecular flexibility index (Phi) is 3.73. The van der Waals surface area contributed by atoms with Gasteiger partial charge in [-0.2, -0.15) is 13.2 Å². The highest BCUT2D eigenvalue weighted by Crippen LogP contribution is 2.29. The molecular weight excluding hydrogens is 307 g/mol. The Morgan fingerprint density at radius 3 is 2.43 bits per heavy atom. The molecule has 0 aliphatic carbocycles. The van der Waals surface area contributed by atoms with E-state index in [2.05, 4.69) is 4.98 Å². The molecule has 0 aliphatic rings. The number of alkyl halides is 3. The van der Waals surface area contributed by atoms with Gasteiger partial charge in [0.2, 0.25) is 0 Å². The van der Waals surface area contributed by atoms with Gasteiger partial charge in [-0.1, -0.05) is 12.1 Å². The number of hydrogen-bond donors (Lipinski definition) is 0. The van der Waals surface area contributed by atoms with Gasteiger partial charge >= 0.3 is 12.1 Å². The zero-order valence-corrected chi connectivity index (χ0v) is 11.7. The molecule has 0 radical (unpaired) electrons. The second kappa shape index (κ2) is 5.72. The quantitative estimate of drug-likeness (QED) is 0.517. The monoisotopic (exact) mass is 317 g/mol. The van der Waals surface area contributed by atoms with Crippen LogP contribution in [0.3, 0.4) is 0 Å². The van der Waals surface area contributed by atoms with E-state index >= 15 is 0 Å². The Bertz CT molecular complexity index is 852. The van der Waals surface area contributed by atoms with Crippen LogP contribution in [-0.4, -0.2) is 11.0 Å². The molecule has 0 fully saturated rings. The van der Waals surface area contributed by atoms with Crippen molar-refractivity contribution >= 4 is 16.7 Å². The lowest BCUT2D eigenvalue weighted by atomic mass is 10.1. The number of benzene rings is 2. The van der Waals surface area contributed by atoms with Crippen molar-refractivity contribution in [1.29, 1.82) is 0 Å². The summed E-state index contributed by atoms with van der Waals surface area (Å²) in [7, 11) is 0. The topological polar surface area (TPSA) is 39.2 Å². The van der Waals surface area contributed by atoms with E-state index in [1.54, 1.807) is 30.6 Å². The molecule has 3 nitrogen and oxygen atoms in total. The van der Waals surface area contributed by atoms with E-state index in [1.807, 2.05) is 6.07 Å². The molecule has 3 aromatic rings. The Morgan fingerprint density at radius 1 is 1.00 bits per heavy atom. The van der Waals surface area contributed by atoms with Crippen molar-refractivity contribution in [1.82, 2.24) is 4.98 Å². The van der Waals surface area contributed by atoms with Crippen molar-refractivity contribution < 1.29 is 22.7 Å². The highest BCUT2D eigenvalue weighted by molar-refractivity contribution is 5.95. The number of halogens is 3. The molecule has 0 saturated heterocycles. The second-order valence-electron chi connectivity index (χ2n) is 4.82. The molecule has 0 N–H and O–H groups in total. The smallest absolute Gasteiger partial charge is 0.416 e. The van der Waals surface area contributed by atoms with Gasteiger partial charge in [0, 0.05) is 17.8 Å². The molecule has 0 saturated carbocycles. The van der Waals surface area contributed by atoms with E-state index < -0.39 is 17.7 Å². The van der Waals surface area contributed by atoms with Crippen LogP contribution in [0.5, 0.6) is 5.75 Å². The average Bonchev–Trinajstić information content (AvgIpc) is 2.54. The second-order valence-corrected chi connectivity index (χ2v) is 4.82. The van der Waals surface area contributed by atoms with Gasteiger partial charge in [0.1, 0.15) is 5.75 Å². The van der Waals surface area contributed by atoms with Crippen molar-refractivity contribution in [2.45, 2.75) is 6.18 Å². The minimum Gasteiger partial charge on any atom is -0.422 e. The summed E-state index contributed by atoms with van der Waals surface area (Å²) in [6.07, 6.45) is -1.27. The van der Waals surface area contributed by atoms with Crippen LogP contribution >= 0.6 is 0 Å². The number of ether oxygens (including phenoxy) is 1. The van der Waals surface area contributed by atoms with E-state index in [-0.39, 0.29) is 5.56 Å². The van der Waals surface area contributed by atoms with Crippen LogP contribution in [0.4, 0.5) is 13.2 Å². The molecule has 1 aromatic heterocycles. The lowest BCUT2D eigenvalue weighted by Gasteiger charge is -2.09. The van der Waals surface area contributed by atoms with E-state index in [4.69, 9.17) is 4.74 Å². The lowest BCUT2D eigenvalue weighted by molar-refractivity contribution is -0.137. The van der Waals surface area contributed by atoms with Gasteiger partial charge in [-0.25, -0.2) is 4.79 Å². The first kappa shape index (κ1) is 15.0. The first-order valence-electron chi connectivity index (χ1n) is 6.67. The van der Waals surface area contributed by atoms with Gasteiger partial charge in [-0.15, -0.1) is 0 Å². The Labute approximate surface area is 129 Å². The molecule has 0 amide bonds. The van der Waals surface area contributed by atoms with Gasteiger partial charge in [-0.3, -0.25) is 4.98 Å². The molecule has 0 aliphatic heterocycles. The maximum Gasteiger partial charge on any atom is 0.416 e. The van der Waals surface area contributed by atoms with E-state index in [9.17, 15) is 18.0 Å². The van der Waals surface area contributed by atoms with E-state index in [1.165, 1.54) is 0 Å². The first-order chi connectivity index (χ1) is 10.9. The number of pyridine rings is 1. The number of carbonyl (C=O) groups excluding carboxylic acids is 1. The molecule has 116 valence electrons.